The molecule has 0 aliphatic heterocycles. The quantitative estimate of drug-likeness (QED) is 0.278. The van der Waals surface area contributed by atoms with E-state index in [1.807, 2.05) is 0 Å². The van der Waals surface area contributed by atoms with Crippen LogP contribution in [0.25, 0.3) is 0 Å². The second-order valence-electron chi connectivity index (χ2n) is 7.25. The van der Waals surface area contributed by atoms with Gasteiger partial charge in [0.1, 0.15) is 0 Å². The van der Waals surface area contributed by atoms with Gasteiger partial charge in [0.25, 0.3) is 0 Å². The lowest BCUT2D eigenvalue weighted by Crippen LogP contribution is -2.30. The van der Waals surface area contributed by atoms with Crippen molar-refractivity contribution in [1.82, 2.24) is 0 Å². The third-order valence-corrected chi connectivity index (χ3v) is 9.25. The first-order valence-corrected chi connectivity index (χ1v) is 10.1. The molecular weight excluding hydrogens is 247 g/mol. The van der Waals surface area contributed by atoms with Crippen LogP contribution in [0.3, 0.4) is 0 Å². The fraction of sp³-hybridized carbons (Fsp3) is 1.00. The summed E-state index contributed by atoms with van der Waals surface area (Å²) in [6.07, 6.45) is 12.8. The molecule has 0 saturated heterocycles. The van der Waals surface area contributed by atoms with E-state index in [4.69, 9.17) is 0 Å². The van der Waals surface area contributed by atoms with Gasteiger partial charge < -0.3 is 0 Å². The Labute approximate surface area is 124 Å². The molecule has 0 amide bonds. The Bertz CT molecular complexity index is 202. The molecule has 116 valence electrons. The number of hydrogen-bond acceptors (Lipinski definition) is 0. The van der Waals surface area contributed by atoms with Gasteiger partial charge in [-0.05, 0) is 35.7 Å². The Morgan fingerprint density at radius 2 is 1.05 bits per heavy atom. The number of unbranched alkanes of at least 4 members (excludes halogenated alkanes) is 5. The summed E-state index contributed by atoms with van der Waals surface area (Å²) in [4.78, 5) is 0. The molecule has 19 heavy (non-hydrogen) atoms. The van der Waals surface area contributed by atoms with Crippen LogP contribution < -0.4 is 0 Å². The molecule has 0 bridgehead atoms. The van der Waals surface area contributed by atoms with E-state index in [9.17, 15) is 0 Å². The largest absolute Gasteiger partial charge is 0.0951 e. The van der Waals surface area contributed by atoms with E-state index >= 15 is 0 Å². The van der Waals surface area contributed by atoms with Crippen molar-refractivity contribution in [3.63, 3.8) is 0 Å². The second kappa shape index (κ2) is 9.38. The molecule has 0 aliphatic carbocycles. The first-order valence-electron chi connectivity index (χ1n) is 8.59. The van der Waals surface area contributed by atoms with Crippen molar-refractivity contribution < 1.29 is 0 Å². The van der Waals surface area contributed by atoms with Gasteiger partial charge in [0.15, 0.2) is 0 Å². The Balaban J connectivity index is 4.30. The predicted octanol–water partition coefficient (Wildman–Crippen LogP) is 7.21. The van der Waals surface area contributed by atoms with E-state index in [0.29, 0.717) is 10.3 Å². The van der Waals surface area contributed by atoms with E-state index in [2.05, 4.69) is 48.5 Å². The zero-order valence-corrected chi connectivity index (χ0v) is 15.7. The standard InChI is InChI=1S/C18H39P/c1-8-11-12-13-14-15-16-19(17(4,5)9-2)18(6,7)10-3/h8-16H2,1-7H3. The van der Waals surface area contributed by atoms with E-state index in [1.165, 1.54) is 57.5 Å². The minimum atomic E-state index is 0.128. The Hall–Kier alpha value is 0.430. The van der Waals surface area contributed by atoms with Gasteiger partial charge in [0.2, 0.25) is 0 Å². The third-order valence-electron chi connectivity index (χ3n) is 4.93. The van der Waals surface area contributed by atoms with Crippen LogP contribution in [-0.4, -0.2) is 16.5 Å². The third kappa shape index (κ3) is 7.12. The molecule has 0 rings (SSSR count). The van der Waals surface area contributed by atoms with Crippen molar-refractivity contribution in [2.75, 3.05) is 6.16 Å². The highest BCUT2D eigenvalue weighted by atomic mass is 31.1. The summed E-state index contributed by atoms with van der Waals surface area (Å²) in [5.74, 6) is 0. The molecule has 0 N–H and O–H groups in total. The molecule has 0 saturated carbocycles. The first kappa shape index (κ1) is 19.4. The van der Waals surface area contributed by atoms with Crippen LogP contribution in [0.15, 0.2) is 0 Å². The van der Waals surface area contributed by atoms with E-state index in [-0.39, 0.29) is 7.92 Å². The van der Waals surface area contributed by atoms with Gasteiger partial charge in [-0.25, -0.2) is 0 Å². The molecular formula is C18H39P. The lowest BCUT2D eigenvalue weighted by atomic mass is 10.1. The summed E-state index contributed by atoms with van der Waals surface area (Å²) in [6, 6.07) is 0. The van der Waals surface area contributed by atoms with Gasteiger partial charge in [0.05, 0.1) is 0 Å². The lowest BCUT2D eigenvalue weighted by molar-refractivity contribution is 0.589. The molecule has 0 radical (unpaired) electrons. The molecule has 0 aromatic rings. The van der Waals surface area contributed by atoms with Crippen molar-refractivity contribution in [2.24, 2.45) is 0 Å². The first-order chi connectivity index (χ1) is 8.81. The minimum absolute atomic E-state index is 0.128. The van der Waals surface area contributed by atoms with Gasteiger partial charge in [-0.15, -0.1) is 0 Å². The number of rotatable bonds is 11. The fourth-order valence-electron chi connectivity index (χ4n) is 2.86. The maximum absolute atomic E-state index is 2.51. The van der Waals surface area contributed by atoms with E-state index in [0.717, 1.165) is 0 Å². The van der Waals surface area contributed by atoms with E-state index in [1.54, 1.807) is 0 Å². The van der Waals surface area contributed by atoms with Crippen LogP contribution >= 0.6 is 7.92 Å². The minimum Gasteiger partial charge on any atom is -0.0951 e. The smallest absolute Gasteiger partial charge is 0.0149 e. The van der Waals surface area contributed by atoms with Crippen molar-refractivity contribution in [3.8, 4) is 0 Å². The monoisotopic (exact) mass is 286 g/mol. The maximum Gasteiger partial charge on any atom is -0.0149 e. The SMILES string of the molecule is CCCCCCCCP(C(C)(C)CC)C(C)(C)CC. The van der Waals surface area contributed by atoms with Crippen molar-refractivity contribution in [2.45, 2.75) is 110 Å². The number of hydrogen-bond donors (Lipinski definition) is 0. The summed E-state index contributed by atoms with van der Waals surface area (Å²) in [5.41, 5.74) is 0. The van der Waals surface area contributed by atoms with Crippen LogP contribution in [0, 0.1) is 0 Å². The van der Waals surface area contributed by atoms with Gasteiger partial charge in [0, 0.05) is 0 Å². The average Bonchev–Trinajstić information content (AvgIpc) is 2.37. The Kier molecular flexibility index (Phi) is 9.59. The predicted molar refractivity (Wildman–Crippen MR) is 93.9 cm³/mol. The van der Waals surface area contributed by atoms with Crippen LogP contribution in [-0.2, 0) is 0 Å². The summed E-state index contributed by atoms with van der Waals surface area (Å²) in [7, 11) is 0.128. The molecule has 0 spiro atoms. The van der Waals surface area contributed by atoms with Crippen LogP contribution in [0.4, 0.5) is 0 Å². The highest BCUT2D eigenvalue weighted by molar-refractivity contribution is 7.60. The van der Waals surface area contributed by atoms with Gasteiger partial charge in [-0.3, -0.25) is 0 Å². The van der Waals surface area contributed by atoms with Crippen molar-refractivity contribution >= 4 is 7.92 Å². The highest BCUT2D eigenvalue weighted by Gasteiger charge is 2.37. The summed E-state index contributed by atoms with van der Waals surface area (Å²) < 4.78 is 0. The zero-order valence-electron chi connectivity index (χ0n) is 14.8. The van der Waals surface area contributed by atoms with Crippen LogP contribution in [0.5, 0.6) is 0 Å². The topological polar surface area (TPSA) is 0 Å². The molecule has 0 unspecified atom stereocenters. The van der Waals surface area contributed by atoms with Gasteiger partial charge >= 0.3 is 0 Å². The zero-order chi connectivity index (χ0) is 14.9. The molecule has 0 aromatic heterocycles. The molecule has 1 heteroatoms. The highest BCUT2D eigenvalue weighted by Crippen LogP contribution is 2.62. The normalized spacial score (nSPS) is 13.3. The summed E-state index contributed by atoms with van der Waals surface area (Å²) >= 11 is 0. The van der Waals surface area contributed by atoms with Crippen molar-refractivity contribution in [3.05, 3.63) is 0 Å². The molecule has 0 aliphatic rings. The lowest BCUT2D eigenvalue weighted by Gasteiger charge is -2.45. The molecule has 0 nitrogen and oxygen atoms in total. The Morgan fingerprint density at radius 3 is 1.47 bits per heavy atom. The van der Waals surface area contributed by atoms with Crippen LogP contribution in [0.1, 0.15) is 99.8 Å². The average molecular weight is 286 g/mol. The summed E-state index contributed by atoms with van der Waals surface area (Å²) in [6.45, 7) is 17.1. The molecule has 0 heterocycles. The van der Waals surface area contributed by atoms with Gasteiger partial charge in [-0.2, -0.15) is 0 Å². The Morgan fingerprint density at radius 1 is 0.632 bits per heavy atom. The van der Waals surface area contributed by atoms with Gasteiger partial charge in [-0.1, -0.05) is 88.5 Å². The molecule has 0 aromatic carbocycles. The summed E-state index contributed by atoms with van der Waals surface area (Å²) in [5, 5.41) is 1.11. The van der Waals surface area contributed by atoms with Crippen LogP contribution in [0.2, 0.25) is 0 Å². The van der Waals surface area contributed by atoms with E-state index < -0.39 is 0 Å². The molecule has 0 atom stereocenters. The molecule has 0 fully saturated rings. The maximum atomic E-state index is 2.51. The second-order valence-corrected chi connectivity index (χ2v) is 11.0. The fourth-order valence-corrected chi connectivity index (χ4v) is 7.01. The van der Waals surface area contributed by atoms with Crippen molar-refractivity contribution in [1.29, 1.82) is 0 Å².